The van der Waals surface area contributed by atoms with Crippen LogP contribution in [0.2, 0.25) is 10.0 Å². The van der Waals surface area contributed by atoms with Crippen LogP contribution in [0.5, 0.6) is 0 Å². The van der Waals surface area contributed by atoms with Gasteiger partial charge in [-0.3, -0.25) is 9.59 Å². The summed E-state index contributed by atoms with van der Waals surface area (Å²) in [6, 6.07) is 12.4. The Morgan fingerprint density at radius 3 is 2.38 bits per heavy atom. The maximum atomic E-state index is 11.9. The Kier molecular flexibility index (Phi) is 8.09. The summed E-state index contributed by atoms with van der Waals surface area (Å²) < 4.78 is 0.881. The lowest BCUT2D eigenvalue weighted by molar-refractivity contribution is -0.121. The van der Waals surface area contributed by atoms with Gasteiger partial charge in [0.15, 0.2) is 0 Å². The van der Waals surface area contributed by atoms with Crippen molar-refractivity contribution >= 4 is 62.8 Å². The third-order valence-corrected chi connectivity index (χ3v) is 4.45. The molecule has 136 valence electrons. The molecular weight excluding hydrogens is 441 g/mol. The number of carbonyl (C=O) groups is 2. The summed E-state index contributed by atoms with van der Waals surface area (Å²) in [5, 5.41) is 7.50. The van der Waals surface area contributed by atoms with Gasteiger partial charge in [0.05, 0.1) is 16.3 Å². The molecule has 26 heavy (non-hydrogen) atoms. The molecule has 0 bridgehead atoms. The van der Waals surface area contributed by atoms with Crippen LogP contribution in [0, 0.1) is 0 Å². The molecule has 0 unspecified atom stereocenters. The maximum absolute atomic E-state index is 11.9. The summed E-state index contributed by atoms with van der Waals surface area (Å²) in [7, 11) is 0. The highest BCUT2D eigenvalue weighted by atomic mass is 79.9. The molecule has 0 fully saturated rings. The largest absolute Gasteiger partial charge is 0.326 e. The number of hydrogen-bond donors (Lipinski definition) is 2. The second-order valence-corrected chi connectivity index (χ2v) is 7.07. The number of hydrogen-bond acceptors (Lipinski definition) is 3. The highest BCUT2D eigenvalue weighted by molar-refractivity contribution is 9.10. The Morgan fingerprint density at radius 2 is 1.69 bits per heavy atom. The normalized spacial score (nSPS) is 10.7. The molecule has 0 atom stereocenters. The number of rotatable bonds is 7. The van der Waals surface area contributed by atoms with E-state index in [1.54, 1.807) is 30.3 Å². The number of halogens is 3. The third kappa shape index (κ3) is 6.78. The molecule has 2 aromatic rings. The standard InChI is InChI=1S/C18H16BrCl2N3O2/c19-12-4-1-5-13(10-12)23-17(25)8-3-9-18(26)24-22-11-14-15(20)6-2-7-16(14)21/h1-2,4-7,10-11H,3,8-9H2,(H,23,25)(H,24,26)/b22-11+. The van der Waals surface area contributed by atoms with Gasteiger partial charge in [-0.2, -0.15) is 5.10 Å². The zero-order chi connectivity index (χ0) is 18.9. The molecule has 0 aliphatic heterocycles. The highest BCUT2D eigenvalue weighted by Gasteiger charge is 2.06. The minimum absolute atomic E-state index is 0.151. The number of nitrogens with zero attached hydrogens (tertiary/aromatic N) is 1. The lowest BCUT2D eigenvalue weighted by Gasteiger charge is -2.05. The molecule has 8 heteroatoms. The van der Waals surface area contributed by atoms with Crippen molar-refractivity contribution in [3.8, 4) is 0 Å². The average molecular weight is 457 g/mol. The molecule has 2 aromatic carbocycles. The molecule has 0 saturated heterocycles. The van der Waals surface area contributed by atoms with Gasteiger partial charge in [-0.15, -0.1) is 0 Å². The molecule has 0 aliphatic rings. The molecule has 2 N–H and O–H groups in total. The Labute approximate surface area is 169 Å². The number of anilines is 1. The quantitative estimate of drug-likeness (QED) is 0.453. The first-order valence-corrected chi connectivity index (χ1v) is 9.32. The molecule has 0 saturated carbocycles. The van der Waals surface area contributed by atoms with E-state index < -0.39 is 0 Å². The van der Waals surface area contributed by atoms with E-state index in [9.17, 15) is 9.59 Å². The number of hydrazone groups is 1. The minimum Gasteiger partial charge on any atom is -0.326 e. The van der Waals surface area contributed by atoms with E-state index in [1.165, 1.54) is 6.21 Å². The first-order valence-electron chi connectivity index (χ1n) is 7.77. The Hall–Kier alpha value is -1.89. The lowest BCUT2D eigenvalue weighted by atomic mass is 10.2. The molecule has 2 amide bonds. The van der Waals surface area contributed by atoms with Gasteiger partial charge in [-0.05, 0) is 36.8 Å². The van der Waals surface area contributed by atoms with Crippen LogP contribution in [0.15, 0.2) is 52.0 Å². The van der Waals surface area contributed by atoms with Crippen LogP contribution in [0.25, 0.3) is 0 Å². The van der Waals surface area contributed by atoms with Crippen molar-refractivity contribution in [1.29, 1.82) is 0 Å². The van der Waals surface area contributed by atoms with Gasteiger partial charge in [-0.25, -0.2) is 5.43 Å². The van der Waals surface area contributed by atoms with Gasteiger partial charge < -0.3 is 5.32 Å². The van der Waals surface area contributed by atoms with E-state index in [1.807, 2.05) is 12.1 Å². The van der Waals surface area contributed by atoms with Gasteiger partial charge >= 0.3 is 0 Å². The number of benzene rings is 2. The molecule has 0 heterocycles. The first kappa shape index (κ1) is 20.4. The van der Waals surface area contributed by atoms with E-state index in [2.05, 4.69) is 31.8 Å². The monoisotopic (exact) mass is 455 g/mol. The third-order valence-electron chi connectivity index (χ3n) is 3.30. The summed E-state index contributed by atoms with van der Waals surface area (Å²) in [6.45, 7) is 0. The summed E-state index contributed by atoms with van der Waals surface area (Å²) in [6.07, 6.45) is 2.22. The van der Waals surface area contributed by atoms with Gasteiger partial charge in [0.2, 0.25) is 11.8 Å². The zero-order valence-corrected chi connectivity index (χ0v) is 16.7. The fourth-order valence-electron chi connectivity index (χ4n) is 2.06. The molecule has 2 rings (SSSR count). The van der Waals surface area contributed by atoms with Crippen molar-refractivity contribution in [1.82, 2.24) is 5.43 Å². The first-order chi connectivity index (χ1) is 12.5. The smallest absolute Gasteiger partial charge is 0.240 e. The Bertz CT molecular complexity index is 808. The highest BCUT2D eigenvalue weighted by Crippen LogP contribution is 2.22. The van der Waals surface area contributed by atoms with Gasteiger partial charge in [-0.1, -0.05) is 51.3 Å². The number of amides is 2. The van der Waals surface area contributed by atoms with Crippen LogP contribution in [0.1, 0.15) is 24.8 Å². The van der Waals surface area contributed by atoms with Gasteiger partial charge in [0, 0.05) is 28.6 Å². The van der Waals surface area contributed by atoms with Crippen LogP contribution in [0.4, 0.5) is 5.69 Å². The van der Waals surface area contributed by atoms with Crippen molar-refractivity contribution in [2.75, 3.05) is 5.32 Å². The van der Waals surface area contributed by atoms with Crippen LogP contribution in [-0.2, 0) is 9.59 Å². The molecule has 0 radical (unpaired) electrons. The molecular formula is C18H16BrCl2N3O2. The Balaban J connectivity index is 1.72. The molecule has 0 aliphatic carbocycles. The van der Waals surface area contributed by atoms with Crippen molar-refractivity contribution < 1.29 is 9.59 Å². The van der Waals surface area contributed by atoms with E-state index in [4.69, 9.17) is 23.2 Å². The summed E-state index contributed by atoms with van der Waals surface area (Å²) in [4.78, 5) is 23.6. The fraction of sp³-hybridized carbons (Fsp3) is 0.167. The number of carbonyl (C=O) groups excluding carboxylic acids is 2. The molecule has 0 aromatic heterocycles. The Morgan fingerprint density at radius 1 is 1.04 bits per heavy atom. The van der Waals surface area contributed by atoms with Crippen LogP contribution in [0.3, 0.4) is 0 Å². The average Bonchev–Trinajstić information content (AvgIpc) is 2.57. The summed E-state index contributed by atoms with van der Waals surface area (Å²) in [5.41, 5.74) is 3.63. The summed E-state index contributed by atoms with van der Waals surface area (Å²) in [5.74, 6) is -0.443. The van der Waals surface area contributed by atoms with Crippen LogP contribution >= 0.6 is 39.1 Å². The minimum atomic E-state index is -0.292. The number of nitrogens with one attached hydrogen (secondary N) is 2. The summed E-state index contributed by atoms with van der Waals surface area (Å²) >= 11 is 15.3. The van der Waals surface area contributed by atoms with Gasteiger partial charge in [0.25, 0.3) is 0 Å². The van der Waals surface area contributed by atoms with E-state index in [0.717, 1.165) is 4.47 Å². The van der Waals surface area contributed by atoms with E-state index in [-0.39, 0.29) is 24.7 Å². The molecule has 5 nitrogen and oxygen atoms in total. The predicted molar refractivity (Wildman–Crippen MR) is 109 cm³/mol. The van der Waals surface area contributed by atoms with Gasteiger partial charge in [0.1, 0.15) is 0 Å². The topological polar surface area (TPSA) is 70.6 Å². The molecule has 0 spiro atoms. The van der Waals surface area contributed by atoms with Crippen molar-refractivity contribution in [3.05, 3.63) is 62.5 Å². The van der Waals surface area contributed by atoms with E-state index in [0.29, 0.717) is 27.7 Å². The lowest BCUT2D eigenvalue weighted by Crippen LogP contribution is -2.18. The maximum Gasteiger partial charge on any atom is 0.240 e. The second kappa shape index (κ2) is 10.3. The van der Waals surface area contributed by atoms with Crippen LogP contribution < -0.4 is 10.7 Å². The van der Waals surface area contributed by atoms with E-state index >= 15 is 0 Å². The van der Waals surface area contributed by atoms with Crippen molar-refractivity contribution in [3.63, 3.8) is 0 Å². The van der Waals surface area contributed by atoms with Crippen molar-refractivity contribution in [2.45, 2.75) is 19.3 Å². The zero-order valence-electron chi connectivity index (χ0n) is 13.6. The van der Waals surface area contributed by atoms with Crippen LogP contribution in [-0.4, -0.2) is 18.0 Å². The SMILES string of the molecule is O=C(CCCC(=O)Nc1cccc(Br)c1)N/N=C/c1c(Cl)cccc1Cl. The predicted octanol–water partition coefficient (Wildman–Crippen LogP) is 5.02. The van der Waals surface area contributed by atoms with Crippen molar-refractivity contribution in [2.24, 2.45) is 5.10 Å². The fourth-order valence-corrected chi connectivity index (χ4v) is 2.95. The second-order valence-electron chi connectivity index (χ2n) is 5.34.